The third kappa shape index (κ3) is 5.59. The highest BCUT2D eigenvalue weighted by atomic mass is 32.2. The van der Waals surface area contributed by atoms with E-state index in [9.17, 15) is 26.4 Å². The SMILES string of the molecule is Cc1ccccc1-c1nc(NS(=O)(=O)c2cccc(NC3CCC(C(=O)O)C3)n2)ccc1C(F)(F)F. The maximum absolute atomic E-state index is 13.7. The quantitative estimate of drug-likeness (QED) is 0.404. The van der Waals surface area contributed by atoms with E-state index >= 15 is 0 Å². The molecule has 0 bridgehead atoms. The lowest BCUT2D eigenvalue weighted by molar-refractivity contribution is -0.141. The normalized spacial score (nSPS) is 18.1. The molecule has 1 saturated carbocycles. The minimum Gasteiger partial charge on any atom is -0.481 e. The van der Waals surface area contributed by atoms with Gasteiger partial charge in [0.25, 0.3) is 10.0 Å². The molecule has 3 aromatic rings. The van der Waals surface area contributed by atoms with Crippen LogP contribution in [0.1, 0.15) is 30.4 Å². The van der Waals surface area contributed by atoms with Gasteiger partial charge in [-0.2, -0.15) is 21.6 Å². The van der Waals surface area contributed by atoms with E-state index < -0.39 is 39.3 Å². The summed E-state index contributed by atoms with van der Waals surface area (Å²) >= 11 is 0. The molecule has 1 aliphatic rings. The molecule has 1 aliphatic carbocycles. The zero-order valence-electron chi connectivity index (χ0n) is 19.1. The van der Waals surface area contributed by atoms with Crippen LogP contribution in [0.3, 0.4) is 0 Å². The molecule has 2 unspecified atom stereocenters. The maximum Gasteiger partial charge on any atom is 0.418 e. The molecule has 2 heterocycles. The Kier molecular flexibility index (Phi) is 6.90. The number of nitrogens with one attached hydrogen (secondary N) is 2. The Hall–Kier alpha value is -3.67. The van der Waals surface area contributed by atoms with Crippen LogP contribution < -0.4 is 10.0 Å². The average Bonchev–Trinajstić information content (AvgIpc) is 3.27. The summed E-state index contributed by atoms with van der Waals surface area (Å²) in [5, 5.41) is 11.9. The fraction of sp³-hybridized carbons (Fsp3) is 0.292. The zero-order valence-corrected chi connectivity index (χ0v) is 19.9. The van der Waals surface area contributed by atoms with E-state index in [1.165, 1.54) is 18.2 Å². The molecule has 0 spiro atoms. The van der Waals surface area contributed by atoms with E-state index in [4.69, 9.17) is 5.11 Å². The molecule has 0 aliphatic heterocycles. The van der Waals surface area contributed by atoms with E-state index in [1.54, 1.807) is 31.2 Å². The summed E-state index contributed by atoms with van der Waals surface area (Å²) in [5.41, 5.74) is -0.599. The number of hydrogen-bond acceptors (Lipinski definition) is 6. The van der Waals surface area contributed by atoms with Crippen LogP contribution in [0, 0.1) is 12.8 Å². The minimum atomic E-state index is -4.69. The lowest BCUT2D eigenvalue weighted by Gasteiger charge is -2.16. The fourth-order valence-corrected chi connectivity index (χ4v) is 5.14. The summed E-state index contributed by atoms with van der Waals surface area (Å²) in [6, 6.07) is 12.2. The highest BCUT2D eigenvalue weighted by molar-refractivity contribution is 7.92. The largest absolute Gasteiger partial charge is 0.481 e. The van der Waals surface area contributed by atoms with Crippen LogP contribution in [0.5, 0.6) is 0 Å². The van der Waals surface area contributed by atoms with Gasteiger partial charge < -0.3 is 10.4 Å². The Labute approximate surface area is 205 Å². The van der Waals surface area contributed by atoms with E-state index in [1.807, 2.05) is 0 Å². The number of halogens is 3. The smallest absolute Gasteiger partial charge is 0.418 e. The Morgan fingerprint density at radius 2 is 1.75 bits per heavy atom. The van der Waals surface area contributed by atoms with Crippen LogP contribution in [-0.4, -0.2) is 35.5 Å². The van der Waals surface area contributed by atoms with E-state index in [-0.39, 0.29) is 28.3 Å². The monoisotopic (exact) mass is 520 g/mol. The summed E-state index contributed by atoms with van der Waals surface area (Å²) in [6.45, 7) is 1.64. The van der Waals surface area contributed by atoms with Crippen LogP contribution in [0.2, 0.25) is 0 Å². The van der Waals surface area contributed by atoms with Crippen molar-refractivity contribution in [2.75, 3.05) is 10.0 Å². The first kappa shape index (κ1) is 25.4. The number of aliphatic carboxylic acids is 1. The first-order chi connectivity index (χ1) is 16.9. The number of benzene rings is 1. The van der Waals surface area contributed by atoms with Crippen molar-refractivity contribution >= 4 is 27.6 Å². The third-order valence-corrected chi connectivity index (χ3v) is 7.23. The molecule has 4 rings (SSSR count). The molecular weight excluding hydrogens is 497 g/mol. The maximum atomic E-state index is 13.7. The van der Waals surface area contributed by atoms with E-state index in [2.05, 4.69) is 20.0 Å². The van der Waals surface area contributed by atoms with Gasteiger partial charge in [-0.15, -0.1) is 0 Å². The number of pyridine rings is 2. The molecule has 3 N–H and O–H groups in total. The van der Waals surface area contributed by atoms with Gasteiger partial charge in [0.2, 0.25) is 0 Å². The predicted octanol–water partition coefficient (Wildman–Crippen LogP) is 4.94. The molecule has 190 valence electrons. The van der Waals surface area contributed by atoms with Gasteiger partial charge in [-0.1, -0.05) is 30.3 Å². The highest BCUT2D eigenvalue weighted by Crippen LogP contribution is 2.38. The van der Waals surface area contributed by atoms with Crippen molar-refractivity contribution in [2.45, 2.75) is 43.4 Å². The minimum absolute atomic E-state index is 0.169. The van der Waals surface area contributed by atoms with Crippen molar-refractivity contribution < 1.29 is 31.5 Å². The van der Waals surface area contributed by atoms with E-state index in [0.717, 1.165) is 12.1 Å². The van der Waals surface area contributed by atoms with Crippen molar-refractivity contribution in [3.8, 4) is 11.3 Å². The van der Waals surface area contributed by atoms with Crippen LogP contribution in [0.15, 0.2) is 59.6 Å². The van der Waals surface area contributed by atoms with Gasteiger partial charge in [0.1, 0.15) is 11.6 Å². The topological polar surface area (TPSA) is 121 Å². The third-order valence-electron chi connectivity index (χ3n) is 5.97. The molecule has 8 nitrogen and oxygen atoms in total. The van der Waals surface area contributed by atoms with Gasteiger partial charge >= 0.3 is 12.1 Å². The number of carbonyl (C=O) groups is 1. The number of alkyl halides is 3. The van der Waals surface area contributed by atoms with Crippen LogP contribution in [0.25, 0.3) is 11.3 Å². The van der Waals surface area contributed by atoms with Crippen molar-refractivity contribution in [1.82, 2.24) is 9.97 Å². The Morgan fingerprint density at radius 1 is 1.00 bits per heavy atom. The number of aromatic nitrogens is 2. The predicted molar refractivity (Wildman–Crippen MR) is 127 cm³/mol. The molecule has 12 heteroatoms. The molecular formula is C24H23F3N4O4S. The Bertz CT molecular complexity index is 1400. The van der Waals surface area contributed by atoms with Gasteiger partial charge in [0, 0.05) is 11.6 Å². The number of carboxylic acid groups (broad SMARTS) is 1. The van der Waals surface area contributed by atoms with E-state index in [0.29, 0.717) is 24.8 Å². The molecule has 2 atom stereocenters. The fourth-order valence-electron chi connectivity index (χ4n) is 4.17. The second-order valence-electron chi connectivity index (χ2n) is 8.56. The summed E-state index contributed by atoms with van der Waals surface area (Å²) in [7, 11) is -4.29. The number of sulfonamides is 1. The number of aryl methyl sites for hydroxylation is 1. The number of anilines is 2. The molecule has 36 heavy (non-hydrogen) atoms. The van der Waals surface area contributed by atoms with Gasteiger partial charge in [0.05, 0.1) is 17.2 Å². The van der Waals surface area contributed by atoms with Gasteiger partial charge in [-0.25, -0.2) is 9.97 Å². The summed E-state index contributed by atoms with van der Waals surface area (Å²) < 4.78 is 69.1. The van der Waals surface area contributed by atoms with Crippen molar-refractivity contribution in [3.63, 3.8) is 0 Å². The first-order valence-corrected chi connectivity index (χ1v) is 12.6. The number of carboxylic acids is 1. The number of nitrogens with zero attached hydrogens (tertiary/aromatic N) is 2. The van der Waals surface area contributed by atoms with Crippen molar-refractivity contribution in [3.05, 3.63) is 65.7 Å². The summed E-state index contributed by atoms with van der Waals surface area (Å²) in [5.74, 6) is -1.39. The second-order valence-corrected chi connectivity index (χ2v) is 10.2. The zero-order chi connectivity index (χ0) is 26.1. The van der Waals surface area contributed by atoms with Crippen LogP contribution in [-0.2, 0) is 21.0 Å². The van der Waals surface area contributed by atoms with Gasteiger partial charge in [-0.3, -0.25) is 9.52 Å². The van der Waals surface area contributed by atoms with Crippen LogP contribution in [0.4, 0.5) is 24.8 Å². The Morgan fingerprint density at radius 3 is 2.42 bits per heavy atom. The molecule has 0 radical (unpaired) electrons. The van der Waals surface area contributed by atoms with Crippen molar-refractivity contribution in [1.29, 1.82) is 0 Å². The molecule has 1 aromatic carbocycles. The van der Waals surface area contributed by atoms with Gasteiger partial charge in [0.15, 0.2) is 5.03 Å². The second kappa shape index (κ2) is 9.76. The van der Waals surface area contributed by atoms with Gasteiger partial charge in [-0.05, 0) is 56.0 Å². The lowest BCUT2D eigenvalue weighted by Crippen LogP contribution is -2.20. The van der Waals surface area contributed by atoms with Crippen molar-refractivity contribution in [2.24, 2.45) is 5.92 Å². The highest BCUT2D eigenvalue weighted by Gasteiger charge is 2.35. The molecule has 0 saturated heterocycles. The average molecular weight is 521 g/mol. The number of rotatable bonds is 7. The lowest BCUT2D eigenvalue weighted by atomic mass is 10.0. The number of hydrogen-bond donors (Lipinski definition) is 3. The first-order valence-electron chi connectivity index (χ1n) is 11.1. The van der Waals surface area contributed by atoms with Crippen LogP contribution >= 0.6 is 0 Å². The molecule has 0 amide bonds. The standard InChI is InChI=1S/C24H23F3N4O4S/c1-14-5-2-3-6-17(14)22-18(24(25,26)27)11-12-20(30-22)31-36(34,35)21-8-4-7-19(29-21)28-16-10-9-15(13-16)23(32)33/h2-8,11-12,15-16H,9-10,13H2,1H3,(H,28,29)(H,30,31)(H,32,33). The summed E-state index contributed by atoms with van der Waals surface area (Å²) in [4.78, 5) is 19.3. The Balaban J connectivity index is 1.60. The molecule has 1 fully saturated rings. The summed E-state index contributed by atoms with van der Waals surface area (Å²) in [6.07, 6.45) is -3.19. The molecule has 2 aromatic heterocycles.